The number of aromatic nitrogens is 1. The number of thiol groups is 1. The number of pyridine rings is 1. The average molecular weight is 195 g/mol. The van der Waals surface area contributed by atoms with Gasteiger partial charge < -0.3 is 0 Å². The first kappa shape index (κ1) is 10.6. The summed E-state index contributed by atoms with van der Waals surface area (Å²) in [6, 6.07) is 2.09. The highest BCUT2D eigenvalue weighted by Gasteiger charge is 2.15. The normalized spacial score (nSPS) is 19.8. The molecule has 2 heteroatoms. The third-order valence-electron chi connectivity index (χ3n) is 2.22. The second-order valence-electron chi connectivity index (χ2n) is 2.98. The van der Waals surface area contributed by atoms with Gasteiger partial charge in [0.1, 0.15) is 0 Å². The number of hydrogen-bond acceptors (Lipinski definition) is 2. The Labute approximate surface area is 86.0 Å². The van der Waals surface area contributed by atoms with E-state index < -0.39 is 0 Å². The lowest BCUT2D eigenvalue weighted by Crippen LogP contribution is -2.05. The maximum atomic E-state index is 4.51. The van der Waals surface area contributed by atoms with Crippen molar-refractivity contribution in [2.75, 3.05) is 0 Å². The van der Waals surface area contributed by atoms with Gasteiger partial charge in [0, 0.05) is 17.6 Å². The van der Waals surface area contributed by atoms with Crippen molar-refractivity contribution in [3.63, 3.8) is 0 Å². The molecule has 0 saturated heterocycles. The van der Waals surface area contributed by atoms with Crippen molar-refractivity contribution in [3.8, 4) is 0 Å². The van der Waals surface area contributed by atoms with Gasteiger partial charge >= 0.3 is 0 Å². The molecule has 0 aliphatic heterocycles. The van der Waals surface area contributed by atoms with Gasteiger partial charge in [0.05, 0.1) is 0 Å². The molecule has 0 aromatic carbocycles. The number of rotatable bonds is 0. The van der Waals surface area contributed by atoms with Gasteiger partial charge in [-0.15, -0.1) is 0 Å². The zero-order chi connectivity index (χ0) is 9.68. The highest BCUT2D eigenvalue weighted by atomic mass is 32.1. The molecule has 1 aliphatic rings. The lowest BCUT2D eigenvalue weighted by atomic mass is 9.93. The van der Waals surface area contributed by atoms with Gasteiger partial charge in [0.25, 0.3) is 0 Å². The minimum atomic E-state index is 0.446. The second kappa shape index (κ2) is 5.28. The van der Waals surface area contributed by atoms with E-state index in [1.165, 1.54) is 30.4 Å². The average Bonchev–Trinajstić information content (AvgIpc) is 2.22. The maximum Gasteiger partial charge on any atom is 0.0303 e. The first-order chi connectivity index (χ1) is 6.38. The molecule has 1 atom stereocenters. The second-order valence-corrected chi connectivity index (χ2v) is 3.61. The first-order valence-corrected chi connectivity index (χ1v) is 5.50. The maximum absolute atomic E-state index is 4.51. The Kier molecular flexibility index (Phi) is 4.29. The molecule has 0 fully saturated rings. The van der Waals surface area contributed by atoms with Crippen molar-refractivity contribution in [2.24, 2.45) is 0 Å². The van der Waals surface area contributed by atoms with Gasteiger partial charge in [-0.25, -0.2) is 0 Å². The van der Waals surface area contributed by atoms with E-state index in [0.29, 0.717) is 5.25 Å². The quantitative estimate of drug-likeness (QED) is 0.626. The Morgan fingerprint density at radius 3 is 2.92 bits per heavy atom. The molecule has 0 saturated carbocycles. The molecule has 1 heterocycles. The van der Waals surface area contributed by atoms with Crippen LogP contribution in [0, 0.1) is 0 Å². The summed E-state index contributed by atoms with van der Waals surface area (Å²) < 4.78 is 0. The molecule has 1 aliphatic carbocycles. The Morgan fingerprint density at radius 1 is 1.46 bits per heavy atom. The van der Waals surface area contributed by atoms with Gasteiger partial charge in [0.15, 0.2) is 0 Å². The molecule has 0 bridgehead atoms. The van der Waals surface area contributed by atoms with Gasteiger partial charge in [0.2, 0.25) is 0 Å². The van der Waals surface area contributed by atoms with Gasteiger partial charge in [-0.3, -0.25) is 4.98 Å². The molecular weight excluding hydrogens is 178 g/mol. The van der Waals surface area contributed by atoms with Crippen LogP contribution in [0.25, 0.3) is 0 Å². The van der Waals surface area contributed by atoms with Crippen LogP contribution < -0.4 is 0 Å². The fraction of sp³-hybridized carbons (Fsp3) is 0.545. The van der Waals surface area contributed by atoms with Gasteiger partial charge in [-0.2, -0.15) is 12.6 Å². The Bertz CT molecular complexity index is 260. The van der Waals surface area contributed by atoms with E-state index in [4.69, 9.17) is 0 Å². The zero-order valence-corrected chi connectivity index (χ0v) is 9.22. The summed E-state index contributed by atoms with van der Waals surface area (Å²) in [5, 5.41) is 0.446. The molecule has 0 radical (unpaired) electrons. The summed E-state index contributed by atoms with van der Waals surface area (Å²) in [7, 11) is 0. The van der Waals surface area contributed by atoms with Crippen molar-refractivity contribution in [1.29, 1.82) is 0 Å². The van der Waals surface area contributed by atoms with E-state index in [2.05, 4.69) is 23.7 Å². The summed E-state index contributed by atoms with van der Waals surface area (Å²) in [4.78, 5) is 4.10. The summed E-state index contributed by atoms with van der Waals surface area (Å²) in [6.07, 6.45) is 7.47. The van der Waals surface area contributed by atoms with E-state index in [0.717, 1.165) is 0 Å². The van der Waals surface area contributed by atoms with E-state index in [9.17, 15) is 0 Å². The Hall–Kier alpha value is -0.500. The zero-order valence-electron chi connectivity index (χ0n) is 8.33. The summed E-state index contributed by atoms with van der Waals surface area (Å²) in [5.41, 5.74) is 2.77. The Morgan fingerprint density at radius 2 is 2.23 bits per heavy atom. The highest BCUT2D eigenvalue weighted by Crippen LogP contribution is 2.32. The topological polar surface area (TPSA) is 12.9 Å². The number of fused-ring (bicyclic) bond motifs is 1. The molecule has 0 amide bonds. The Balaban J connectivity index is 0.000000396. The minimum absolute atomic E-state index is 0.446. The third kappa shape index (κ3) is 2.47. The predicted molar refractivity (Wildman–Crippen MR) is 60.3 cm³/mol. The fourth-order valence-corrected chi connectivity index (χ4v) is 2.05. The number of hydrogen-bond donors (Lipinski definition) is 1. The largest absolute Gasteiger partial charge is 0.264 e. The van der Waals surface area contributed by atoms with E-state index in [1.807, 2.05) is 26.2 Å². The lowest BCUT2D eigenvalue weighted by molar-refractivity contribution is 0.673. The monoisotopic (exact) mass is 195 g/mol. The van der Waals surface area contributed by atoms with E-state index in [1.54, 1.807) is 0 Å². The molecule has 0 N–H and O–H groups in total. The third-order valence-corrected chi connectivity index (χ3v) is 2.76. The van der Waals surface area contributed by atoms with Crippen molar-refractivity contribution in [1.82, 2.24) is 4.98 Å². The van der Waals surface area contributed by atoms with Crippen molar-refractivity contribution >= 4 is 12.6 Å². The molecule has 1 aromatic heterocycles. The summed E-state index contributed by atoms with van der Waals surface area (Å²) in [5.74, 6) is 0. The van der Waals surface area contributed by atoms with Crippen LogP contribution in [0.15, 0.2) is 18.5 Å². The van der Waals surface area contributed by atoms with Crippen molar-refractivity contribution < 1.29 is 0 Å². The van der Waals surface area contributed by atoms with Crippen LogP contribution in [-0.4, -0.2) is 4.98 Å². The number of aryl methyl sites for hydroxylation is 1. The molecule has 2 rings (SSSR count). The predicted octanol–water partition coefficient (Wildman–Crippen LogP) is 3.42. The van der Waals surface area contributed by atoms with Crippen LogP contribution in [0.5, 0.6) is 0 Å². The fourth-order valence-electron chi connectivity index (χ4n) is 1.61. The van der Waals surface area contributed by atoms with Gasteiger partial charge in [-0.05, 0) is 36.5 Å². The molecule has 72 valence electrons. The molecule has 0 spiro atoms. The molecule has 1 unspecified atom stereocenters. The molecule has 1 nitrogen and oxygen atoms in total. The van der Waals surface area contributed by atoms with Crippen LogP contribution in [0.3, 0.4) is 0 Å². The smallest absolute Gasteiger partial charge is 0.0303 e. The molecule has 1 aromatic rings. The van der Waals surface area contributed by atoms with Crippen molar-refractivity contribution in [2.45, 2.75) is 38.4 Å². The van der Waals surface area contributed by atoms with E-state index in [-0.39, 0.29) is 0 Å². The van der Waals surface area contributed by atoms with Crippen LogP contribution in [0.1, 0.15) is 43.1 Å². The van der Waals surface area contributed by atoms with Gasteiger partial charge in [-0.1, -0.05) is 13.8 Å². The number of nitrogens with zero attached hydrogens (tertiary/aromatic N) is 1. The standard InChI is InChI=1S/C9H11NS.C2H6/c11-9-3-1-2-7-6-10-5-4-8(7)9;1-2/h4-6,9,11H,1-3H2;1-2H3. The van der Waals surface area contributed by atoms with E-state index >= 15 is 0 Å². The van der Waals surface area contributed by atoms with Crippen LogP contribution in [0.2, 0.25) is 0 Å². The summed E-state index contributed by atoms with van der Waals surface area (Å²) >= 11 is 4.51. The van der Waals surface area contributed by atoms with Crippen LogP contribution in [0.4, 0.5) is 0 Å². The van der Waals surface area contributed by atoms with Crippen LogP contribution >= 0.6 is 12.6 Å². The molecular formula is C11H17NS. The molecule has 13 heavy (non-hydrogen) atoms. The van der Waals surface area contributed by atoms with Crippen LogP contribution in [-0.2, 0) is 6.42 Å². The summed E-state index contributed by atoms with van der Waals surface area (Å²) in [6.45, 7) is 4.00. The minimum Gasteiger partial charge on any atom is -0.264 e. The van der Waals surface area contributed by atoms with Crippen molar-refractivity contribution in [3.05, 3.63) is 29.6 Å². The highest BCUT2D eigenvalue weighted by molar-refractivity contribution is 7.80. The SMILES string of the molecule is CC.SC1CCCc2cnccc21. The lowest BCUT2D eigenvalue weighted by Gasteiger charge is -2.20. The first-order valence-electron chi connectivity index (χ1n) is 4.99.